The SMILES string of the molecule is CCCN=C([O-])Nc1cn(-c2cncc(F)c2)nc1C. The van der Waals surface area contributed by atoms with E-state index < -0.39 is 11.8 Å². The lowest BCUT2D eigenvalue weighted by molar-refractivity contribution is -0.214. The molecule has 0 fully saturated rings. The van der Waals surface area contributed by atoms with E-state index in [4.69, 9.17) is 0 Å². The van der Waals surface area contributed by atoms with Crippen LogP contribution >= 0.6 is 0 Å². The average Bonchev–Trinajstić information content (AvgIpc) is 2.78. The molecule has 0 saturated carbocycles. The number of aliphatic imine (C=N–C) groups is 1. The summed E-state index contributed by atoms with van der Waals surface area (Å²) < 4.78 is 14.6. The van der Waals surface area contributed by atoms with Gasteiger partial charge in [-0.3, -0.25) is 9.98 Å². The number of halogens is 1. The third kappa shape index (κ3) is 3.31. The molecule has 0 aliphatic carbocycles. The summed E-state index contributed by atoms with van der Waals surface area (Å²) >= 11 is 0. The molecule has 1 N–H and O–H groups in total. The van der Waals surface area contributed by atoms with Crippen molar-refractivity contribution in [3.05, 3.63) is 36.2 Å². The van der Waals surface area contributed by atoms with E-state index >= 15 is 0 Å². The minimum Gasteiger partial charge on any atom is -0.846 e. The van der Waals surface area contributed by atoms with Gasteiger partial charge in [0.05, 0.1) is 41.7 Å². The van der Waals surface area contributed by atoms with Gasteiger partial charge in [0.2, 0.25) is 0 Å². The lowest BCUT2D eigenvalue weighted by atomic mass is 10.4. The van der Waals surface area contributed by atoms with Crippen LogP contribution < -0.4 is 10.4 Å². The Hall–Kier alpha value is -2.44. The van der Waals surface area contributed by atoms with E-state index in [2.05, 4.69) is 20.4 Å². The number of hydrogen-bond acceptors (Lipinski definition) is 4. The number of aromatic nitrogens is 3. The fraction of sp³-hybridized carbons (Fsp3) is 0.308. The van der Waals surface area contributed by atoms with Crippen LogP contribution in [0.15, 0.2) is 29.6 Å². The highest BCUT2D eigenvalue weighted by molar-refractivity contribution is 5.86. The second-order valence-corrected chi connectivity index (χ2v) is 4.25. The summed E-state index contributed by atoms with van der Waals surface area (Å²) in [6.07, 6.45) is 5.01. The Morgan fingerprint density at radius 3 is 3.00 bits per heavy atom. The largest absolute Gasteiger partial charge is 0.846 e. The average molecular weight is 276 g/mol. The van der Waals surface area contributed by atoms with E-state index in [1.54, 1.807) is 13.1 Å². The molecule has 0 amide bonds. The molecule has 0 radical (unpaired) electrons. The van der Waals surface area contributed by atoms with Gasteiger partial charge in [-0.25, -0.2) is 9.07 Å². The van der Waals surface area contributed by atoms with Crippen LogP contribution in [-0.2, 0) is 0 Å². The minimum absolute atomic E-state index is 0.410. The summed E-state index contributed by atoms with van der Waals surface area (Å²) in [5.74, 6) is -0.445. The van der Waals surface area contributed by atoms with Crippen molar-refractivity contribution in [2.75, 3.05) is 11.9 Å². The number of rotatable bonds is 4. The lowest BCUT2D eigenvalue weighted by Gasteiger charge is -2.12. The van der Waals surface area contributed by atoms with Crippen molar-refractivity contribution in [2.45, 2.75) is 20.3 Å². The predicted molar refractivity (Wildman–Crippen MR) is 72.3 cm³/mol. The van der Waals surface area contributed by atoms with Gasteiger partial charge in [0, 0.05) is 12.6 Å². The number of nitrogens with one attached hydrogen (secondary N) is 1. The van der Waals surface area contributed by atoms with Gasteiger partial charge in [0.1, 0.15) is 5.82 Å². The van der Waals surface area contributed by atoms with Gasteiger partial charge in [-0.1, -0.05) is 6.92 Å². The molecule has 0 spiro atoms. The zero-order chi connectivity index (χ0) is 14.5. The highest BCUT2D eigenvalue weighted by Crippen LogP contribution is 2.16. The first-order valence-corrected chi connectivity index (χ1v) is 6.26. The van der Waals surface area contributed by atoms with Crippen LogP contribution in [0, 0.1) is 12.7 Å². The Balaban J connectivity index is 2.21. The van der Waals surface area contributed by atoms with E-state index in [1.807, 2.05) is 6.92 Å². The third-order valence-corrected chi connectivity index (χ3v) is 2.57. The zero-order valence-electron chi connectivity index (χ0n) is 11.3. The molecule has 0 aromatic carbocycles. The number of anilines is 1. The number of pyridine rings is 1. The summed E-state index contributed by atoms with van der Waals surface area (Å²) in [4.78, 5) is 7.58. The molecule has 2 heterocycles. The van der Waals surface area contributed by atoms with E-state index in [0.29, 0.717) is 23.6 Å². The molecule has 6 nitrogen and oxygen atoms in total. The molecule has 2 aromatic heterocycles. The van der Waals surface area contributed by atoms with Crippen molar-refractivity contribution in [2.24, 2.45) is 4.99 Å². The standard InChI is InChI=1S/C13H16FN5O/c1-3-4-16-13(20)17-12-8-19(18-9(12)2)11-5-10(14)6-15-7-11/h5-8H,3-4H2,1-2H3,(H2,16,17,20)/p-1. The quantitative estimate of drug-likeness (QED) is 0.673. The van der Waals surface area contributed by atoms with Crippen LogP contribution in [0.4, 0.5) is 10.1 Å². The fourth-order valence-corrected chi connectivity index (χ4v) is 1.61. The number of aryl methyl sites for hydroxylation is 1. The first kappa shape index (κ1) is 14.0. The molecule has 2 rings (SSSR count). The molecular weight excluding hydrogens is 261 g/mol. The van der Waals surface area contributed by atoms with E-state index in [1.165, 1.54) is 16.9 Å². The van der Waals surface area contributed by atoms with Crippen molar-refractivity contribution in [1.82, 2.24) is 14.8 Å². The van der Waals surface area contributed by atoms with Crippen LogP contribution in [-0.4, -0.2) is 27.3 Å². The summed E-state index contributed by atoms with van der Waals surface area (Å²) in [6, 6.07) is 0.902. The Labute approximate surface area is 116 Å². The van der Waals surface area contributed by atoms with Gasteiger partial charge in [-0.05, 0) is 13.3 Å². The third-order valence-electron chi connectivity index (χ3n) is 2.57. The van der Waals surface area contributed by atoms with Gasteiger partial charge in [0.25, 0.3) is 0 Å². The van der Waals surface area contributed by atoms with Crippen LogP contribution in [0.2, 0.25) is 0 Å². The molecule has 0 aliphatic heterocycles. The van der Waals surface area contributed by atoms with Crippen molar-refractivity contribution in [1.29, 1.82) is 0 Å². The van der Waals surface area contributed by atoms with Gasteiger partial charge in [-0.15, -0.1) is 0 Å². The summed E-state index contributed by atoms with van der Waals surface area (Å²) in [5, 5.41) is 18.4. The van der Waals surface area contributed by atoms with Gasteiger partial charge >= 0.3 is 0 Å². The van der Waals surface area contributed by atoms with Crippen molar-refractivity contribution in [3.63, 3.8) is 0 Å². The maximum atomic E-state index is 13.1. The molecule has 106 valence electrons. The number of nitrogens with zero attached hydrogens (tertiary/aromatic N) is 4. The van der Waals surface area contributed by atoms with Crippen molar-refractivity contribution in [3.8, 4) is 5.69 Å². The monoisotopic (exact) mass is 276 g/mol. The zero-order valence-corrected chi connectivity index (χ0v) is 11.3. The molecular formula is C13H15FN5O-. The first-order valence-electron chi connectivity index (χ1n) is 6.26. The van der Waals surface area contributed by atoms with Crippen LogP contribution in [0.3, 0.4) is 0 Å². The van der Waals surface area contributed by atoms with Crippen LogP contribution in [0.5, 0.6) is 0 Å². The molecule has 0 aliphatic rings. The topological polar surface area (TPSA) is 78.2 Å². The molecule has 0 bridgehead atoms. The molecule has 0 atom stereocenters. The first-order chi connectivity index (χ1) is 9.60. The molecule has 0 saturated heterocycles. The fourth-order valence-electron chi connectivity index (χ4n) is 1.61. The number of amidine groups is 1. The summed E-state index contributed by atoms with van der Waals surface area (Å²) in [5.41, 5.74) is 1.65. The van der Waals surface area contributed by atoms with Crippen molar-refractivity contribution < 1.29 is 9.50 Å². The van der Waals surface area contributed by atoms with Gasteiger partial charge < -0.3 is 10.4 Å². The minimum atomic E-state index is -0.445. The number of hydrogen-bond donors (Lipinski definition) is 1. The molecule has 7 heteroatoms. The second kappa shape index (κ2) is 6.14. The maximum Gasteiger partial charge on any atom is 0.143 e. The van der Waals surface area contributed by atoms with E-state index in [0.717, 1.165) is 12.6 Å². The normalized spacial score (nSPS) is 11.7. The van der Waals surface area contributed by atoms with Gasteiger partial charge in [-0.2, -0.15) is 5.10 Å². The smallest absolute Gasteiger partial charge is 0.143 e. The Bertz CT molecular complexity index is 623. The van der Waals surface area contributed by atoms with Gasteiger partial charge in [0.15, 0.2) is 0 Å². The summed E-state index contributed by atoms with van der Waals surface area (Å²) in [7, 11) is 0. The molecule has 2 aromatic rings. The Morgan fingerprint density at radius 2 is 2.30 bits per heavy atom. The highest BCUT2D eigenvalue weighted by Gasteiger charge is 2.06. The van der Waals surface area contributed by atoms with E-state index in [9.17, 15) is 9.50 Å². The predicted octanol–water partition coefficient (Wildman–Crippen LogP) is 1.25. The Morgan fingerprint density at radius 1 is 1.50 bits per heavy atom. The maximum absolute atomic E-state index is 13.1. The highest BCUT2D eigenvalue weighted by atomic mass is 19.1. The van der Waals surface area contributed by atoms with Crippen LogP contribution in [0.25, 0.3) is 5.69 Å². The lowest BCUT2D eigenvalue weighted by Crippen LogP contribution is -2.27. The molecule has 0 unspecified atom stereocenters. The Kier molecular flexibility index (Phi) is 4.29. The second-order valence-electron chi connectivity index (χ2n) is 4.25. The van der Waals surface area contributed by atoms with E-state index in [-0.39, 0.29) is 0 Å². The van der Waals surface area contributed by atoms with Crippen molar-refractivity contribution >= 4 is 11.7 Å². The van der Waals surface area contributed by atoms with Crippen LogP contribution in [0.1, 0.15) is 19.0 Å². The molecule has 20 heavy (non-hydrogen) atoms. The summed E-state index contributed by atoms with van der Waals surface area (Å²) in [6.45, 7) is 4.17.